The molecular weight excluding hydrogens is 243 g/mol. The van der Waals surface area contributed by atoms with Gasteiger partial charge in [-0.2, -0.15) is 0 Å². The van der Waals surface area contributed by atoms with Crippen LogP contribution in [0.5, 0.6) is 0 Å². The zero-order valence-electron chi connectivity index (χ0n) is 11.2. The highest BCUT2D eigenvalue weighted by molar-refractivity contribution is 6.00. The van der Waals surface area contributed by atoms with Gasteiger partial charge >= 0.3 is 0 Å². The molecule has 0 unspecified atom stereocenters. The standard InChI is InChI=1S/C15H19FN2O/c1-18-10-15(8-3-2-4-9-15)14(19)17-13-11(16)6-5-7-12(13)18/h5-7H,2-4,8-10H2,1H3,(H,17,19). The van der Waals surface area contributed by atoms with E-state index in [0.29, 0.717) is 12.2 Å². The number of halogens is 1. The van der Waals surface area contributed by atoms with Gasteiger partial charge in [-0.3, -0.25) is 4.79 Å². The summed E-state index contributed by atoms with van der Waals surface area (Å²) in [6.45, 7) is 0.676. The molecule has 0 atom stereocenters. The van der Waals surface area contributed by atoms with Crippen molar-refractivity contribution in [1.82, 2.24) is 0 Å². The van der Waals surface area contributed by atoms with Crippen molar-refractivity contribution in [2.75, 3.05) is 23.8 Å². The van der Waals surface area contributed by atoms with Crippen molar-refractivity contribution in [3.8, 4) is 0 Å². The van der Waals surface area contributed by atoms with Crippen LogP contribution in [0.25, 0.3) is 0 Å². The largest absolute Gasteiger partial charge is 0.372 e. The lowest BCUT2D eigenvalue weighted by Gasteiger charge is -2.36. The molecule has 4 heteroatoms. The molecule has 1 saturated carbocycles. The summed E-state index contributed by atoms with van der Waals surface area (Å²) in [4.78, 5) is 14.6. The predicted molar refractivity (Wildman–Crippen MR) is 73.8 cm³/mol. The topological polar surface area (TPSA) is 32.3 Å². The maximum absolute atomic E-state index is 13.9. The lowest BCUT2D eigenvalue weighted by atomic mass is 9.73. The number of rotatable bonds is 0. The number of carbonyl (C=O) groups is 1. The van der Waals surface area contributed by atoms with Gasteiger partial charge in [0.05, 0.1) is 11.1 Å². The first-order valence-corrected chi connectivity index (χ1v) is 6.93. The molecule has 1 fully saturated rings. The molecule has 0 radical (unpaired) electrons. The first kappa shape index (κ1) is 12.5. The van der Waals surface area contributed by atoms with E-state index in [-0.39, 0.29) is 17.1 Å². The van der Waals surface area contributed by atoms with Gasteiger partial charge in [-0.25, -0.2) is 4.39 Å². The Morgan fingerprint density at radius 2 is 2.00 bits per heavy atom. The van der Waals surface area contributed by atoms with Crippen LogP contribution in [-0.4, -0.2) is 19.5 Å². The molecule has 1 aromatic carbocycles. The van der Waals surface area contributed by atoms with Crippen molar-refractivity contribution in [3.63, 3.8) is 0 Å². The highest BCUT2D eigenvalue weighted by atomic mass is 19.1. The molecule has 102 valence electrons. The number of anilines is 2. The van der Waals surface area contributed by atoms with Gasteiger partial charge in [-0.15, -0.1) is 0 Å². The second-order valence-corrected chi connectivity index (χ2v) is 5.79. The van der Waals surface area contributed by atoms with Crippen LogP contribution in [0.1, 0.15) is 32.1 Å². The number of hydrogen-bond donors (Lipinski definition) is 1. The summed E-state index contributed by atoms with van der Waals surface area (Å²) in [5, 5.41) is 2.83. The number of nitrogens with zero attached hydrogens (tertiary/aromatic N) is 1. The van der Waals surface area contributed by atoms with Gasteiger partial charge in [0.2, 0.25) is 5.91 Å². The Labute approximate surface area is 112 Å². The Kier molecular flexibility index (Phi) is 2.96. The zero-order chi connectivity index (χ0) is 13.5. The Hall–Kier alpha value is -1.58. The number of nitrogens with one attached hydrogen (secondary N) is 1. The van der Waals surface area contributed by atoms with Crippen LogP contribution >= 0.6 is 0 Å². The fourth-order valence-corrected chi connectivity index (χ4v) is 3.43. The highest BCUT2D eigenvalue weighted by Crippen LogP contribution is 2.42. The van der Waals surface area contributed by atoms with Crippen molar-refractivity contribution >= 4 is 17.3 Å². The molecular formula is C15H19FN2O. The molecule has 0 aromatic heterocycles. The number of amides is 1. The average molecular weight is 262 g/mol. The van der Waals surface area contributed by atoms with Gasteiger partial charge in [0, 0.05) is 13.6 Å². The van der Waals surface area contributed by atoms with E-state index >= 15 is 0 Å². The number of carbonyl (C=O) groups excluding carboxylic acids is 1. The Morgan fingerprint density at radius 1 is 1.26 bits per heavy atom. The monoisotopic (exact) mass is 262 g/mol. The minimum absolute atomic E-state index is 0.0112. The predicted octanol–water partition coefficient (Wildman–Crippen LogP) is 3.16. The van der Waals surface area contributed by atoms with Crippen LogP contribution in [0.15, 0.2) is 18.2 Å². The molecule has 1 aliphatic carbocycles. The summed E-state index contributed by atoms with van der Waals surface area (Å²) in [6.07, 6.45) is 5.16. The second kappa shape index (κ2) is 4.51. The first-order valence-electron chi connectivity index (χ1n) is 6.93. The van der Waals surface area contributed by atoms with Crippen molar-refractivity contribution in [2.24, 2.45) is 5.41 Å². The summed E-state index contributed by atoms with van der Waals surface area (Å²) >= 11 is 0. The molecule has 3 nitrogen and oxygen atoms in total. The van der Waals surface area contributed by atoms with Gasteiger partial charge in [0.15, 0.2) is 0 Å². The van der Waals surface area contributed by atoms with Crippen LogP contribution in [0, 0.1) is 11.2 Å². The lowest BCUT2D eigenvalue weighted by Crippen LogP contribution is -2.44. The Morgan fingerprint density at radius 3 is 2.74 bits per heavy atom. The maximum atomic E-state index is 13.9. The molecule has 0 saturated heterocycles. The Balaban J connectivity index is 2.02. The summed E-state index contributed by atoms with van der Waals surface area (Å²) in [6, 6.07) is 4.95. The van der Waals surface area contributed by atoms with E-state index in [1.165, 1.54) is 12.5 Å². The van der Waals surface area contributed by atoms with Crippen molar-refractivity contribution < 1.29 is 9.18 Å². The van der Waals surface area contributed by atoms with E-state index in [9.17, 15) is 9.18 Å². The van der Waals surface area contributed by atoms with Crippen LogP contribution < -0.4 is 10.2 Å². The molecule has 1 N–H and O–H groups in total. The third kappa shape index (κ3) is 1.99. The van der Waals surface area contributed by atoms with Crippen LogP contribution in [0.3, 0.4) is 0 Å². The minimum atomic E-state index is -0.356. The summed E-state index contributed by atoms with van der Waals surface area (Å²) < 4.78 is 13.9. The van der Waals surface area contributed by atoms with E-state index in [1.807, 2.05) is 18.0 Å². The molecule has 1 spiro atoms. The van der Waals surface area contributed by atoms with Crippen LogP contribution in [0.4, 0.5) is 15.8 Å². The molecule has 0 bridgehead atoms. The molecule has 1 heterocycles. The summed E-state index contributed by atoms with van der Waals surface area (Å²) in [7, 11) is 1.94. The van der Waals surface area contributed by atoms with E-state index in [4.69, 9.17) is 0 Å². The fraction of sp³-hybridized carbons (Fsp3) is 0.533. The minimum Gasteiger partial charge on any atom is -0.372 e. The fourth-order valence-electron chi connectivity index (χ4n) is 3.43. The van der Waals surface area contributed by atoms with E-state index in [0.717, 1.165) is 31.4 Å². The van der Waals surface area contributed by atoms with Crippen molar-refractivity contribution in [3.05, 3.63) is 24.0 Å². The quantitative estimate of drug-likeness (QED) is 0.779. The van der Waals surface area contributed by atoms with Crippen LogP contribution in [-0.2, 0) is 4.79 Å². The van der Waals surface area contributed by atoms with E-state index in [1.54, 1.807) is 6.07 Å². The third-order valence-electron chi connectivity index (χ3n) is 4.47. The summed E-state index contributed by atoms with van der Waals surface area (Å²) in [5.41, 5.74) is 0.756. The molecule has 2 aliphatic rings. The SMILES string of the molecule is CN1CC2(CCCCC2)C(=O)Nc2c(F)cccc21. The molecule has 3 rings (SSSR count). The van der Waals surface area contributed by atoms with E-state index in [2.05, 4.69) is 5.32 Å². The second-order valence-electron chi connectivity index (χ2n) is 5.79. The smallest absolute Gasteiger partial charge is 0.232 e. The Bertz CT molecular complexity index is 509. The molecule has 1 aromatic rings. The van der Waals surface area contributed by atoms with Crippen molar-refractivity contribution in [1.29, 1.82) is 0 Å². The maximum Gasteiger partial charge on any atom is 0.232 e. The van der Waals surface area contributed by atoms with E-state index < -0.39 is 0 Å². The molecule has 1 amide bonds. The normalized spacial score (nSPS) is 21.8. The molecule has 19 heavy (non-hydrogen) atoms. The number of para-hydroxylation sites is 1. The number of benzene rings is 1. The third-order valence-corrected chi connectivity index (χ3v) is 4.47. The summed E-state index contributed by atoms with van der Waals surface area (Å²) in [5.74, 6) is -0.367. The van der Waals surface area contributed by atoms with Gasteiger partial charge in [-0.05, 0) is 25.0 Å². The average Bonchev–Trinajstić information content (AvgIpc) is 2.50. The molecule has 1 aliphatic heterocycles. The first-order chi connectivity index (χ1) is 9.12. The van der Waals surface area contributed by atoms with Crippen LogP contribution in [0.2, 0.25) is 0 Å². The van der Waals surface area contributed by atoms with Gasteiger partial charge in [0.25, 0.3) is 0 Å². The lowest BCUT2D eigenvalue weighted by molar-refractivity contribution is -0.126. The van der Waals surface area contributed by atoms with Gasteiger partial charge < -0.3 is 10.2 Å². The van der Waals surface area contributed by atoms with Crippen molar-refractivity contribution in [2.45, 2.75) is 32.1 Å². The number of fused-ring (bicyclic) bond motifs is 1. The van der Waals surface area contributed by atoms with Gasteiger partial charge in [-0.1, -0.05) is 25.3 Å². The highest BCUT2D eigenvalue weighted by Gasteiger charge is 2.43. The zero-order valence-corrected chi connectivity index (χ0v) is 11.2. The van der Waals surface area contributed by atoms with Gasteiger partial charge in [0.1, 0.15) is 11.5 Å². The number of hydrogen-bond acceptors (Lipinski definition) is 2.